The molecule has 0 aliphatic carbocycles. The number of anilines is 1. The SMILES string of the molecule is OCCOCCSc1nnc(NCc2ccco2)s1. The number of aliphatic hydroxyl groups excluding tert-OH is 1. The Kier molecular flexibility index (Phi) is 6.15. The monoisotopic (exact) mass is 301 g/mol. The topological polar surface area (TPSA) is 80.4 Å². The van der Waals surface area contributed by atoms with Crippen LogP contribution in [0.1, 0.15) is 5.76 Å². The number of nitrogens with one attached hydrogen (secondary N) is 1. The van der Waals surface area contributed by atoms with Crippen LogP contribution in [0.25, 0.3) is 0 Å². The van der Waals surface area contributed by atoms with E-state index in [-0.39, 0.29) is 6.61 Å². The third-order valence-corrected chi connectivity index (χ3v) is 4.07. The van der Waals surface area contributed by atoms with Gasteiger partial charge in [-0.25, -0.2) is 0 Å². The van der Waals surface area contributed by atoms with Crippen molar-refractivity contribution >= 4 is 28.2 Å². The molecule has 0 saturated carbocycles. The van der Waals surface area contributed by atoms with E-state index in [1.807, 2.05) is 12.1 Å². The fourth-order valence-corrected chi connectivity index (χ4v) is 2.94. The minimum Gasteiger partial charge on any atom is -0.467 e. The van der Waals surface area contributed by atoms with Crippen LogP contribution in [0.5, 0.6) is 0 Å². The summed E-state index contributed by atoms with van der Waals surface area (Å²) in [7, 11) is 0. The number of thioether (sulfide) groups is 1. The van der Waals surface area contributed by atoms with Gasteiger partial charge in [-0.2, -0.15) is 0 Å². The van der Waals surface area contributed by atoms with Gasteiger partial charge in [-0.1, -0.05) is 23.1 Å². The average Bonchev–Trinajstić information content (AvgIpc) is 3.07. The molecule has 0 atom stereocenters. The van der Waals surface area contributed by atoms with Gasteiger partial charge in [0, 0.05) is 5.75 Å². The van der Waals surface area contributed by atoms with Crippen LogP contribution in [0.2, 0.25) is 0 Å². The van der Waals surface area contributed by atoms with Crippen molar-refractivity contribution in [3.63, 3.8) is 0 Å². The van der Waals surface area contributed by atoms with Gasteiger partial charge in [-0.15, -0.1) is 10.2 Å². The molecule has 0 fully saturated rings. The Hall–Kier alpha value is -1.09. The smallest absolute Gasteiger partial charge is 0.206 e. The van der Waals surface area contributed by atoms with Crippen LogP contribution in [-0.4, -0.2) is 40.9 Å². The number of aliphatic hydroxyl groups is 1. The predicted molar refractivity (Wildman–Crippen MR) is 74.6 cm³/mol. The summed E-state index contributed by atoms with van der Waals surface area (Å²) >= 11 is 3.09. The highest BCUT2D eigenvalue weighted by Gasteiger charge is 2.05. The number of hydrogen-bond donors (Lipinski definition) is 2. The molecule has 0 aromatic carbocycles. The summed E-state index contributed by atoms with van der Waals surface area (Å²) in [6.45, 7) is 1.64. The summed E-state index contributed by atoms with van der Waals surface area (Å²) in [4.78, 5) is 0. The fourth-order valence-electron chi connectivity index (χ4n) is 1.27. The second-order valence-electron chi connectivity index (χ2n) is 3.49. The number of rotatable bonds is 9. The first kappa shape index (κ1) is 14.3. The zero-order valence-electron chi connectivity index (χ0n) is 10.2. The number of furan rings is 1. The van der Waals surface area contributed by atoms with Gasteiger partial charge in [0.05, 0.1) is 32.6 Å². The molecule has 2 rings (SSSR count). The van der Waals surface area contributed by atoms with Crippen LogP contribution >= 0.6 is 23.1 Å². The van der Waals surface area contributed by atoms with Gasteiger partial charge in [0.25, 0.3) is 0 Å². The highest BCUT2D eigenvalue weighted by atomic mass is 32.2. The Bertz CT molecular complexity index is 461. The molecule has 0 spiro atoms. The normalized spacial score (nSPS) is 10.8. The molecular weight excluding hydrogens is 286 g/mol. The Morgan fingerprint density at radius 2 is 2.37 bits per heavy atom. The third kappa shape index (κ3) is 5.19. The van der Waals surface area contributed by atoms with Crippen molar-refractivity contribution in [3.8, 4) is 0 Å². The predicted octanol–water partition coefficient (Wildman–Crippen LogP) is 1.84. The minimum absolute atomic E-state index is 0.0598. The number of hydrogen-bond acceptors (Lipinski definition) is 8. The highest BCUT2D eigenvalue weighted by molar-refractivity contribution is 8.01. The molecule has 6 nitrogen and oxygen atoms in total. The van der Waals surface area contributed by atoms with Gasteiger partial charge < -0.3 is 19.6 Å². The van der Waals surface area contributed by atoms with E-state index in [9.17, 15) is 0 Å². The minimum atomic E-state index is 0.0598. The largest absolute Gasteiger partial charge is 0.467 e. The maximum absolute atomic E-state index is 8.56. The first-order chi connectivity index (χ1) is 9.38. The second-order valence-corrected chi connectivity index (χ2v) is 5.81. The zero-order chi connectivity index (χ0) is 13.3. The molecule has 8 heteroatoms. The molecule has 0 aliphatic rings. The summed E-state index contributed by atoms with van der Waals surface area (Å²) in [5, 5.41) is 20.6. The molecule has 2 aromatic heterocycles. The van der Waals surface area contributed by atoms with E-state index in [1.54, 1.807) is 18.0 Å². The maximum Gasteiger partial charge on any atom is 0.206 e. The average molecular weight is 301 g/mol. The Morgan fingerprint density at radius 1 is 1.42 bits per heavy atom. The number of nitrogens with zero attached hydrogens (tertiary/aromatic N) is 2. The lowest BCUT2D eigenvalue weighted by molar-refractivity contribution is 0.103. The standard InChI is InChI=1S/C11H15N3O3S2/c15-3-5-16-6-7-18-11-14-13-10(19-11)12-8-9-2-1-4-17-9/h1-2,4,15H,3,5-8H2,(H,12,13). The molecule has 0 radical (unpaired) electrons. The van der Waals surface area contributed by atoms with E-state index < -0.39 is 0 Å². The quantitative estimate of drug-likeness (QED) is 0.540. The molecule has 0 saturated heterocycles. The molecular formula is C11H15N3O3S2. The first-order valence-electron chi connectivity index (χ1n) is 5.79. The van der Waals surface area contributed by atoms with Crippen LogP contribution in [0.4, 0.5) is 5.13 Å². The van der Waals surface area contributed by atoms with Crippen LogP contribution in [0.15, 0.2) is 27.2 Å². The molecule has 2 N–H and O–H groups in total. The lowest BCUT2D eigenvalue weighted by Gasteiger charge is -1.99. The van der Waals surface area contributed by atoms with Crippen molar-refractivity contribution < 1.29 is 14.3 Å². The fraction of sp³-hybridized carbons (Fsp3) is 0.455. The summed E-state index contributed by atoms with van der Waals surface area (Å²) < 4.78 is 11.3. The van der Waals surface area contributed by atoms with Crippen molar-refractivity contribution in [1.29, 1.82) is 0 Å². The third-order valence-electron chi connectivity index (χ3n) is 2.09. The van der Waals surface area contributed by atoms with Crippen LogP contribution in [-0.2, 0) is 11.3 Å². The van der Waals surface area contributed by atoms with E-state index >= 15 is 0 Å². The molecule has 19 heavy (non-hydrogen) atoms. The van der Waals surface area contributed by atoms with Gasteiger partial charge in [0.1, 0.15) is 5.76 Å². The highest BCUT2D eigenvalue weighted by Crippen LogP contribution is 2.25. The number of aromatic nitrogens is 2. The summed E-state index contributed by atoms with van der Waals surface area (Å²) in [6, 6.07) is 3.76. The van der Waals surface area contributed by atoms with Crippen molar-refractivity contribution in [3.05, 3.63) is 24.2 Å². The lowest BCUT2D eigenvalue weighted by atomic mass is 10.4. The van der Waals surface area contributed by atoms with E-state index in [4.69, 9.17) is 14.3 Å². The molecule has 0 unspecified atom stereocenters. The maximum atomic E-state index is 8.56. The van der Waals surface area contributed by atoms with Gasteiger partial charge >= 0.3 is 0 Å². The molecule has 0 aliphatic heterocycles. The van der Waals surface area contributed by atoms with Crippen LogP contribution in [0, 0.1) is 0 Å². The molecule has 0 amide bonds. The molecule has 2 aromatic rings. The number of ether oxygens (including phenoxy) is 1. The van der Waals surface area contributed by atoms with Gasteiger partial charge in [-0.3, -0.25) is 0 Å². The molecule has 0 bridgehead atoms. The first-order valence-corrected chi connectivity index (χ1v) is 7.60. The second kappa shape index (κ2) is 8.16. The molecule has 2 heterocycles. The van der Waals surface area contributed by atoms with Crippen molar-refractivity contribution in [1.82, 2.24) is 10.2 Å². The van der Waals surface area contributed by atoms with Crippen molar-refractivity contribution in [2.24, 2.45) is 0 Å². The van der Waals surface area contributed by atoms with E-state index in [1.165, 1.54) is 11.3 Å². The van der Waals surface area contributed by atoms with Crippen molar-refractivity contribution in [2.45, 2.75) is 10.9 Å². The van der Waals surface area contributed by atoms with Crippen molar-refractivity contribution in [2.75, 3.05) is 30.9 Å². The lowest BCUT2D eigenvalue weighted by Crippen LogP contribution is -2.02. The molecule has 104 valence electrons. The van der Waals surface area contributed by atoms with E-state index in [2.05, 4.69) is 15.5 Å². The summed E-state index contributed by atoms with van der Waals surface area (Å²) in [6.07, 6.45) is 1.64. The van der Waals surface area contributed by atoms with E-state index in [0.717, 1.165) is 21.0 Å². The Balaban J connectivity index is 1.67. The zero-order valence-corrected chi connectivity index (χ0v) is 11.9. The summed E-state index contributed by atoms with van der Waals surface area (Å²) in [5.41, 5.74) is 0. The Labute approximate surface area is 119 Å². The van der Waals surface area contributed by atoms with Gasteiger partial charge in [0.2, 0.25) is 5.13 Å². The Morgan fingerprint density at radius 3 is 3.16 bits per heavy atom. The van der Waals surface area contributed by atoms with Crippen LogP contribution in [0.3, 0.4) is 0 Å². The van der Waals surface area contributed by atoms with Gasteiger partial charge in [-0.05, 0) is 12.1 Å². The van der Waals surface area contributed by atoms with Crippen LogP contribution < -0.4 is 5.32 Å². The summed E-state index contributed by atoms with van der Waals surface area (Å²) in [5.74, 6) is 1.66. The van der Waals surface area contributed by atoms with Gasteiger partial charge in [0.15, 0.2) is 4.34 Å². The van der Waals surface area contributed by atoms with E-state index in [0.29, 0.717) is 19.8 Å².